The Morgan fingerprint density at radius 1 is 1.03 bits per heavy atom. The summed E-state index contributed by atoms with van der Waals surface area (Å²) in [6.07, 6.45) is 1.25. The molecule has 0 saturated carbocycles. The van der Waals surface area contributed by atoms with Gasteiger partial charge in [0.1, 0.15) is 11.2 Å². The van der Waals surface area contributed by atoms with Gasteiger partial charge in [-0.1, -0.05) is 19.1 Å². The molecule has 2 fully saturated rings. The van der Waals surface area contributed by atoms with Crippen LogP contribution in [0.3, 0.4) is 0 Å². The van der Waals surface area contributed by atoms with Gasteiger partial charge in [-0.2, -0.15) is 13.2 Å². The van der Waals surface area contributed by atoms with Crippen molar-refractivity contribution in [2.75, 3.05) is 32.7 Å². The molecule has 0 atom stereocenters. The summed E-state index contributed by atoms with van der Waals surface area (Å²) in [6.45, 7) is 8.99. The van der Waals surface area contributed by atoms with Crippen LogP contribution in [0.2, 0.25) is 0 Å². The number of primary amides is 1. The van der Waals surface area contributed by atoms with Gasteiger partial charge in [0.2, 0.25) is 5.91 Å². The molecule has 4 rings (SSSR count). The van der Waals surface area contributed by atoms with Crippen molar-refractivity contribution in [2.24, 2.45) is 16.5 Å². The Morgan fingerprint density at radius 3 is 2.28 bits per heavy atom. The predicted molar refractivity (Wildman–Crippen MR) is 143 cm³/mol. The zero-order valence-corrected chi connectivity index (χ0v) is 22.4. The largest absolute Gasteiger partial charge is 0.416 e. The summed E-state index contributed by atoms with van der Waals surface area (Å²) >= 11 is 0. The molecule has 8 nitrogen and oxygen atoms in total. The zero-order chi connectivity index (χ0) is 28.4. The van der Waals surface area contributed by atoms with Crippen LogP contribution < -0.4 is 11.5 Å². The molecule has 39 heavy (non-hydrogen) atoms. The summed E-state index contributed by atoms with van der Waals surface area (Å²) in [7, 11) is 0. The van der Waals surface area contributed by atoms with Gasteiger partial charge in [-0.15, -0.1) is 0 Å². The monoisotopic (exact) mass is 546 g/mol. The first-order valence-electron chi connectivity index (χ1n) is 13.4. The molecule has 0 bridgehead atoms. The SMILES string of the molecule is C=C(/C(C)=C(\N=CN)C(=O)N1CCC(C(N)=O)(N2CCCCC2)CC1)N1CCc2ccc(C(F)(F)F)cc2C1. The van der Waals surface area contributed by atoms with E-state index in [1.165, 1.54) is 12.1 Å². The van der Waals surface area contributed by atoms with E-state index < -0.39 is 17.3 Å². The number of hydrogen-bond acceptors (Lipinski definition) is 5. The highest BCUT2D eigenvalue weighted by Gasteiger charge is 2.46. The number of piperidine rings is 2. The second kappa shape index (κ2) is 11.4. The molecule has 0 spiro atoms. The maximum absolute atomic E-state index is 13.6. The Kier molecular flexibility index (Phi) is 8.39. The van der Waals surface area contributed by atoms with Gasteiger partial charge < -0.3 is 21.3 Å². The Balaban J connectivity index is 1.51. The number of halogens is 3. The number of benzene rings is 1. The molecule has 0 aliphatic carbocycles. The van der Waals surface area contributed by atoms with Crippen LogP contribution in [0.15, 0.2) is 46.7 Å². The maximum Gasteiger partial charge on any atom is 0.416 e. The van der Waals surface area contributed by atoms with Crippen LogP contribution in [0.1, 0.15) is 55.7 Å². The second-order valence-corrected chi connectivity index (χ2v) is 10.6. The van der Waals surface area contributed by atoms with Gasteiger partial charge in [0.25, 0.3) is 5.91 Å². The van der Waals surface area contributed by atoms with Crippen LogP contribution in [0.5, 0.6) is 0 Å². The van der Waals surface area contributed by atoms with Crippen molar-refractivity contribution in [1.82, 2.24) is 14.7 Å². The molecule has 0 aromatic heterocycles. The van der Waals surface area contributed by atoms with Crippen LogP contribution in [0.25, 0.3) is 0 Å². The first-order valence-corrected chi connectivity index (χ1v) is 13.4. The molecule has 0 unspecified atom stereocenters. The summed E-state index contributed by atoms with van der Waals surface area (Å²) in [6, 6.07) is 3.82. The fourth-order valence-corrected chi connectivity index (χ4v) is 5.99. The molecule has 1 aromatic rings. The normalized spacial score (nSPS) is 20.9. The van der Waals surface area contributed by atoms with E-state index in [9.17, 15) is 22.8 Å². The molecule has 2 saturated heterocycles. The Labute approximate surface area is 227 Å². The van der Waals surface area contributed by atoms with E-state index in [0.717, 1.165) is 50.3 Å². The van der Waals surface area contributed by atoms with E-state index in [1.807, 2.05) is 4.90 Å². The van der Waals surface area contributed by atoms with Crippen molar-refractivity contribution < 1.29 is 22.8 Å². The van der Waals surface area contributed by atoms with Crippen LogP contribution in [-0.4, -0.2) is 71.1 Å². The van der Waals surface area contributed by atoms with Crippen LogP contribution in [-0.2, 0) is 28.7 Å². The molecule has 0 radical (unpaired) electrons. The smallest absolute Gasteiger partial charge is 0.390 e. The number of aliphatic imine (C=N–C) groups is 1. The highest BCUT2D eigenvalue weighted by Crippen LogP contribution is 2.35. The predicted octanol–water partition coefficient (Wildman–Crippen LogP) is 3.17. The first kappa shape index (κ1) is 28.7. The highest BCUT2D eigenvalue weighted by molar-refractivity contribution is 5.96. The van der Waals surface area contributed by atoms with E-state index in [2.05, 4.69) is 16.5 Å². The van der Waals surface area contributed by atoms with Crippen molar-refractivity contribution in [3.63, 3.8) is 0 Å². The lowest BCUT2D eigenvalue weighted by molar-refractivity contribution is -0.140. The molecular formula is C28H37F3N6O2. The number of nitrogens with zero attached hydrogens (tertiary/aromatic N) is 4. The number of nitrogens with two attached hydrogens (primary N) is 2. The lowest BCUT2D eigenvalue weighted by Crippen LogP contribution is -2.63. The summed E-state index contributed by atoms with van der Waals surface area (Å²) in [5.41, 5.74) is 12.6. The van der Waals surface area contributed by atoms with Crippen LogP contribution >= 0.6 is 0 Å². The van der Waals surface area contributed by atoms with Gasteiger partial charge in [-0.25, -0.2) is 4.99 Å². The number of alkyl halides is 3. The molecule has 4 N–H and O–H groups in total. The summed E-state index contributed by atoms with van der Waals surface area (Å²) in [5.74, 6) is -0.681. The average molecular weight is 547 g/mol. The van der Waals surface area contributed by atoms with Gasteiger partial charge in [0.05, 0.1) is 11.9 Å². The van der Waals surface area contributed by atoms with E-state index in [0.29, 0.717) is 55.7 Å². The van der Waals surface area contributed by atoms with Gasteiger partial charge >= 0.3 is 6.18 Å². The van der Waals surface area contributed by atoms with Crippen molar-refractivity contribution in [1.29, 1.82) is 0 Å². The molecular weight excluding hydrogens is 509 g/mol. The number of allylic oxidation sites excluding steroid dienone is 1. The van der Waals surface area contributed by atoms with Crippen molar-refractivity contribution in [3.05, 3.63) is 58.4 Å². The number of rotatable bonds is 6. The number of carbonyl (C=O) groups excluding carboxylic acids is 2. The molecule has 2 amide bonds. The number of carbonyl (C=O) groups is 2. The first-order chi connectivity index (χ1) is 18.5. The summed E-state index contributed by atoms with van der Waals surface area (Å²) in [4.78, 5) is 36.1. The van der Waals surface area contributed by atoms with Gasteiger partial charge in [-0.3, -0.25) is 14.5 Å². The molecule has 3 aliphatic heterocycles. The lowest BCUT2D eigenvalue weighted by Gasteiger charge is -2.48. The van der Waals surface area contributed by atoms with Crippen LogP contribution in [0.4, 0.5) is 13.2 Å². The van der Waals surface area contributed by atoms with E-state index >= 15 is 0 Å². The number of hydrogen-bond donors (Lipinski definition) is 2. The van der Waals surface area contributed by atoms with Gasteiger partial charge in [0, 0.05) is 37.4 Å². The minimum absolute atomic E-state index is 0.127. The number of fused-ring (bicyclic) bond motifs is 1. The third-order valence-corrected chi connectivity index (χ3v) is 8.42. The highest BCUT2D eigenvalue weighted by atomic mass is 19.4. The van der Waals surface area contributed by atoms with Crippen molar-refractivity contribution in [2.45, 2.75) is 63.7 Å². The molecule has 212 valence electrons. The second-order valence-electron chi connectivity index (χ2n) is 10.6. The quantitative estimate of drug-likeness (QED) is 0.247. The topological polar surface area (TPSA) is 108 Å². The van der Waals surface area contributed by atoms with Crippen molar-refractivity contribution >= 4 is 18.2 Å². The third-order valence-electron chi connectivity index (χ3n) is 8.42. The molecule has 1 aromatic carbocycles. The molecule has 3 aliphatic rings. The van der Waals surface area contributed by atoms with Crippen molar-refractivity contribution in [3.8, 4) is 0 Å². The minimum Gasteiger partial charge on any atom is -0.390 e. The van der Waals surface area contributed by atoms with E-state index in [-0.39, 0.29) is 24.1 Å². The maximum atomic E-state index is 13.6. The van der Waals surface area contributed by atoms with Gasteiger partial charge in [-0.05, 0) is 75.4 Å². The number of likely N-dealkylation sites (tertiary alicyclic amines) is 2. The summed E-state index contributed by atoms with van der Waals surface area (Å²) < 4.78 is 39.8. The van der Waals surface area contributed by atoms with Crippen LogP contribution in [0, 0.1) is 0 Å². The Hall–Kier alpha value is -3.34. The third kappa shape index (κ3) is 5.83. The minimum atomic E-state index is -4.42. The standard InChI is InChI=1S/C28H37F3N6O2/c1-19(20(2)36-13-8-21-6-7-23(28(29,30)31)16-22(21)17-36)24(34-18-32)25(38)35-14-9-27(10-15-35,26(33)39)37-11-4-3-5-12-37/h6-7,16,18H,2-5,8-15,17H2,1H3,(H2,32,34)(H2,33,39)/b24-19-. The Morgan fingerprint density at radius 2 is 1.69 bits per heavy atom. The average Bonchev–Trinajstić information content (AvgIpc) is 2.94. The lowest BCUT2D eigenvalue weighted by atomic mass is 9.83. The molecule has 11 heteroatoms. The Bertz CT molecular complexity index is 1180. The summed E-state index contributed by atoms with van der Waals surface area (Å²) in [5, 5.41) is 0. The fraction of sp³-hybridized carbons (Fsp3) is 0.536. The fourth-order valence-electron chi connectivity index (χ4n) is 5.99. The van der Waals surface area contributed by atoms with E-state index in [1.54, 1.807) is 11.8 Å². The zero-order valence-electron chi connectivity index (χ0n) is 22.4. The van der Waals surface area contributed by atoms with Gasteiger partial charge in [0.15, 0.2) is 0 Å². The van der Waals surface area contributed by atoms with E-state index in [4.69, 9.17) is 11.5 Å². The molecule has 3 heterocycles. The number of amides is 2.